The van der Waals surface area contributed by atoms with Crippen LogP contribution in [0.3, 0.4) is 0 Å². The number of aliphatic hydroxyl groups excluding tert-OH is 1. The van der Waals surface area contributed by atoms with Crippen LogP contribution in [0.2, 0.25) is 0 Å². The van der Waals surface area contributed by atoms with E-state index in [4.69, 9.17) is 5.73 Å². The highest BCUT2D eigenvalue weighted by atomic mass is 19.1. The molecule has 0 aromatic heterocycles. The van der Waals surface area contributed by atoms with Gasteiger partial charge in [-0.15, -0.1) is 0 Å². The number of aliphatic hydroxyl groups is 1. The normalized spacial score (nSPS) is 23.1. The molecule has 4 nitrogen and oxygen atoms in total. The van der Waals surface area contributed by atoms with Crippen LogP contribution in [0.25, 0.3) is 0 Å². The Labute approximate surface area is 111 Å². The number of amides is 1. The van der Waals surface area contributed by atoms with Gasteiger partial charge in [0.15, 0.2) is 0 Å². The molecule has 0 spiro atoms. The van der Waals surface area contributed by atoms with Crippen molar-refractivity contribution in [2.45, 2.75) is 31.8 Å². The fraction of sp³-hybridized carbons (Fsp3) is 0.500. The number of nitrogens with one attached hydrogen (secondary N) is 1. The molecule has 0 unspecified atom stereocenters. The molecule has 1 fully saturated rings. The predicted octanol–water partition coefficient (Wildman–Crippen LogP) is 1.69. The van der Waals surface area contributed by atoms with E-state index in [0.29, 0.717) is 18.0 Å². The van der Waals surface area contributed by atoms with Gasteiger partial charge in [-0.05, 0) is 49.8 Å². The number of rotatable bonds is 3. The van der Waals surface area contributed by atoms with E-state index in [9.17, 15) is 14.3 Å². The van der Waals surface area contributed by atoms with Crippen molar-refractivity contribution >= 4 is 11.6 Å². The Bertz CT molecular complexity index is 457. The van der Waals surface area contributed by atoms with E-state index in [1.54, 1.807) is 0 Å². The van der Waals surface area contributed by atoms with Crippen LogP contribution in [0.15, 0.2) is 18.2 Å². The lowest BCUT2D eigenvalue weighted by Crippen LogP contribution is -2.32. The van der Waals surface area contributed by atoms with Gasteiger partial charge < -0.3 is 16.2 Å². The first-order valence-corrected chi connectivity index (χ1v) is 6.57. The van der Waals surface area contributed by atoms with Gasteiger partial charge in [0.25, 0.3) is 5.91 Å². The summed E-state index contributed by atoms with van der Waals surface area (Å²) in [6, 6.07) is 3.76. The number of carbonyl (C=O) groups excluding carboxylic acids is 1. The second kappa shape index (κ2) is 6.02. The maximum atomic E-state index is 12.9. The van der Waals surface area contributed by atoms with E-state index < -0.39 is 5.82 Å². The van der Waals surface area contributed by atoms with E-state index in [-0.39, 0.29) is 17.7 Å². The van der Waals surface area contributed by atoms with E-state index in [1.165, 1.54) is 12.1 Å². The molecule has 104 valence electrons. The second-order valence-electron chi connectivity index (χ2n) is 5.12. The third kappa shape index (κ3) is 3.67. The molecule has 2 rings (SSSR count). The van der Waals surface area contributed by atoms with Gasteiger partial charge in [-0.1, -0.05) is 0 Å². The summed E-state index contributed by atoms with van der Waals surface area (Å²) in [6.45, 7) is 0.572. The summed E-state index contributed by atoms with van der Waals surface area (Å²) >= 11 is 0. The number of anilines is 1. The molecule has 1 amide bonds. The highest BCUT2D eigenvalue weighted by Gasteiger charge is 2.20. The quantitative estimate of drug-likeness (QED) is 0.729. The van der Waals surface area contributed by atoms with E-state index >= 15 is 0 Å². The molecule has 0 radical (unpaired) electrons. The SMILES string of the molecule is Nc1cc(F)ccc1C(=O)NCC1CCC(O)CC1. The highest BCUT2D eigenvalue weighted by Crippen LogP contribution is 2.23. The third-order valence-electron chi connectivity index (χ3n) is 3.63. The van der Waals surface area contributed by atoms with Gasteiger partial charge in [0.1, 0.15) is 5.82 Å². The number of nitrogens with two attached hydrogens (primary N) is 1. The molecule has 1 saturated carbocycles. The molecular weight excluding hydrogens is 247 g/mol. The van der Waals surface area contributed by atoms with E-state index in [1.807, 2.05) is 0 Å². The van der Waals surface area contributed by atoms with Crippen molar-refractivity contribution in [1.29, 1.82) is 0 Å². The fourth-order valence-electron chi connectivity index (χ4n) is 2.42. The zero-order chi connectivity index (χ0) is 13.8. The Morgan fingerprint density at radius 2 is 2.05 bits per heavy atom. The van der Waals surface area contributed by atoms with Crippen LogP contribution < -0.4 is 11.1 Å². The van der Waals surface area contributed by atoms with Gasteiger partial charge in [-0.3, -0.25) is 4.79 Å². The Balaban J connectivity index is 1.87. The standard InChI is InChI=1S/C14H19FN2O2/c15-10-3-6-12(13(16)7-10)14(19)17-8-9-1-4-11(18)5-2-9/h3,6-7,9,11,18H,1-2,4-5,8,16H2,(H,17,19). The summed E-state index contributed by atoms with van der Waals surface area (Å²) in [5, 5.41) is 12.2. The zero-order valence-corrected chi connectivity index (χ0v) is 10.7. The third-order valence-corrected chi connectivity index (χ3v) is 3.63. The van der Waals surface area contributed by atoms with Crippen LogP contribution in [0.4, 0.5) is 10.1 Å². The molecule has 0 heterocycles. The largest absolute Gasteiger partial charge is 0.398 e. The molecule has 0 atom stereocenters. The molecule has 0 aliphatic heterocycles. The summed E-state index contributed by atoms with van der Waals surface area (Å²) in [6.07, 6.45) is 3.22. The smallest absolute Gasteiger partial charge is 0.253 e. The molecule has 4 N–H and O–H groups in total. The van der Waals surface area contributed by atoms with Gasteiger partial charge in [0, 0.05) is 12.2 Å². The Morgan fingerprint density at radius 3 is 2.68 bits per heavy atom. The highest BCUT2D eigenvalue weighted by molar-refractivity contribution is 5.99. The van der Waals surface area contributed by atoms with Gasteiger partial charge in [-0.2, -0.15) is 0 Å². The lowest BCUT2D eigenvalue weighted by molar-refractivity contribution is 0.0911. The minimum Gasteiger partial charge on any atom is -0.398 e. The number of carbonyl (C=O) groups is 1. The minimum absolute atomic E-state index is 0.150. The number of halogens is 1. The summed E-state index contributed by atoms with van der Waals surface area (Å²) in [4.78, 5) is 11.9. The molecule has 5 heteroatoms. The summed E-state index contributed by atoms with van der Waals surface area (Å²) in [5.41, 5.74) is 6.07. The van der Waals surface area contributed by atoms with Crippen LogP contribution in [-0.2, 0) is 0 Å². The van der Waals surface area contributed by atoms with Crippen LogP contribution >= 0.6 is 0 Å². The Morgan fingerprint density at radius 1 is 1.37 bits per heavy atom. The maximum absolute atomic E-state index is 12.9. The number of benzene rings is 1. The average Bonchev–Trinajstić information content (AvgIpc) is 2.37. The van der Waals surface area contributed by atoms with Gasteiger partial charge in [0.05, 0.1) is 11.7 Å². The van der Waals surface area contributed by atoms with Crippen molar-refractivity contribution < 1.29 is 14.3 Å². The van der Waals surface area contributed by atoms with Gasteiger partial charge >= 0.3 is 0 Å². The molecule has 1 aliphatic carbocycles. The van der Waals surface area contributed by atoms with Crippen molar-refractivity contribution in [2.24, 2.45) is 5.92 Å². The predicted molar refractivity (Wildman–Crippen MR) is 71.1 cm³/mol. The summed E-state index contributed by atoms with van der Waals surface area (Å²) in [5.74, 6) is -0.326. The molecular formula is C14H19FN2O2. The fourth-order valence-corrected chi connectivity index (χ4v) is 2.42. The van der Waals surface area contributed by atoms with E-state index in [0.717, 1.165) is 31.7 Å². The lowest BCUT2D eigenvalue weighted by Gasteiger charge is -2.25. The molecule has 0 saturated heterocycles. The molecule has 1 aliphatic rings. The van der Waals surface area contributed by atoms with Crippen molar-refractivity contribution in [3.05, 3.63) is 29.6 Å². The van der Waals surface area contributed by atoms with Crippen molar-refractivity contribution in [2.75, 3.05) is 12.3 Å². The lowest BCUT2D eigenvalue weighted by atomic mass is 9.87. The van der Waals surface area contributed by atoms with Crippen molar-refractivity contribution in [3.8, 4) is 0 Å². The first-order chi connectivity index (χ1) is 9.06. The van der Waals surface area contributed by atoms with Crippen molar-refractivity contribution in [3.63, 3.8) is 0 Å². The monoisotopic (exact) mass is 266 g/mol. The van der Waals surface area contributed by atoms with E-state index in [2.05, 4.69) is 5.32 Å². The Hall–Kier alpha value is -1.62. The summed E-state index contributed by atoms with van der Waals surface area (Å²) in [7, 11) is 0. The number of hydrogen-bond acceptors (Lipinski definition) is 3. The summed E-state index contributed by atoms with van der Waals surface area (Å²) < 4.78 is 12.9. The zero-order valence-electron chi connectivity index (χ0n) is 10.7. The number of hydrogen-bond donors (Lipinski definition) is 3. The molecule has 0 bridgehead atoms. The van der Waals surface area contributed by atoms with Crippen LogP contribution in [0.1, 0.15) is 36.0 Å². The first-order valence-electron chi connectivity index (χ1n) is 6.57. The van der Waals surface area contributed by atoms with Gasteiger partial charge in [-0.25, -0.2) is 4.39 Å². The maximum Gasteiger partial charge on any atom is 0.253 e. The molecule has 1 aromatic rings. The van der Waals surface area contributed by atoms with Crippen LogP contribution in [0, 0.1) is 11.7 Å². The first kappa shape index (κ1) is 13.8. The van der Waals surface area contributed by atoms with Crippen LogP contribution in [0.5, 0.6) is 0 Å². The number of nitrogen functional groups attached to an aromatic ring is 1. The average molecular weight is 266 g/mol. The van der Waals surface area contributed by atoms with Crippen LogP contribution in [-0.4, -0.2) is 23.7 Å². The minimum atomic E-state index is -0.449. The molecule has 19 heavy (non-hydrogen) atoms. The van der Waals surface area contributed by atoms with Crippen molar-refractivity contribution in [1.82, 2.24) is 5.32 Å². The molecule has 1 aromatic carbocycles. The second-order valence-corrected chi connectivity index (χ2v) is 5.12. The Kier molecular flexibility index (Phi) is 4.37. The topological polar surface area (TPSA) is 75.4 Å². The van der Waals surface area contributed by atoms with Gasteiger partial charge in [0.2, 0.25) is 0 Å².